The summed E-state index contributed by atoms with van der Waals surface area (Å²) in [5.74, 6) is 0. The highest BCUT2D eigenvalue weighted by atomic mass is 35.5. The maximum Gasteiger partial charge on any atom is 0.183 e. The zero-order chi connectivity index (χ0) is 13.2. The number of hydrogen-bond acceptors (Lipinski definition) is 4. The highest BCUT2D eigenvalue weighted by Gasteiger charge is 2.04. The average molecular weight is 290 g/mol. The van der Waals surface area contributed by atoms with E-state index in [1.165, 1.54) is 16.9 Å². The Bertz CT molecular complexity index is 724. The second kappa shape index (κ2) is 5.15. The molecule has 2 heterocycles. The van der Waals surface area contributed by atoms with Crippen LogP contribution in [-0.2, 0) is 6.54 Å². The van der Waals surface area contributed by atoms with Gasteiger partial charge in [0.2, 0.25) is 0 Å². The van der Waals surface area contributed by atoms with Crippen LogP contribution in [0.5, 0.6) is 0 Å². The molecular formula is C14H12ClN3S. The Balaban J connectivity index is 1.86. The average Bonchev–Trinajstić information content (AvgIpc) is 2.82. The van der Waals surface area contributed by atoms with Crippen LogP contribution in [0.3, 0.4) is 0 Å². The molecule has 3 nitrogen and oxygen atoms in total. The molecule has 1 N–H and O–H groups in total. The molecule has 0 atom stereocenters. The quantitative estimate of drug-likeness (QED) is 0.782. The van der Waals surface area contributed by atoms with Gasteiger partial charge < -0.3 is 5.32 Å². The predicted molar refractivity (Wildman–Crippen MR) is 80.9 cm³/mol. The first kappa shape index (κ1) is 12.4. The first-order valence-electron chi connectivity index (χ1n) is 5.92. The number of thiazole rings is 1. The molecule has 0 fully saturated rings. The van der Waals surface area contributed by atoms with E-state index in [1.54, 1.807) is 6.20 Å². The van der Waals surface area contributed by atoms with Crippen molar-refractivity contribution in [3.63, 3.8) is 0 Å². The molecule has 0 saturated carbocycles. The Hall–Kier alpha value is -1.65. The minimum Gasteiger partial charge on any atom is -0.380 e. The maximum atomic E-state index is 5.82. The van der Waals surface area contributed by atoms with Crippen molar-refractivity contribution in [3.05, 3.63) is 51.6 Å². The van der Waals surface area contributed by atoms with E-state index in [4.69, 9.17) is 11.6 Å². The smallest absolute Gasteiger partial charge is 0.183 e. The minimum atomic E-state index is 0.578. The van der Waals surface area contributed by atoms with Crippen molar-refractivity contribution >= 4 is 39.5 Å². The van der Waals surface area contributed by atoms with Crippen LogP contribution in [0.25, 0.3) is 10.9 Å². The number of pyridine rings is 1. The van der Waals surface area contributed by atoms with Gasteiger partial charge in [-0.15, -0.1) is 11.3 Å². The third-order valence-corrected chi connectivity index (χ3v) is 4.04. The molecular weight excluding hydrogens is 278 g/mol. The van der Waals surface area contributed by atoms with E-state index in [9.17, 15) is 0 Å². The van der Waals surface area contributed by atoms with Crippen LogP contribution >= 0.6 is 22.9 Å². The van der Waals surface area contributed by atoms with E-state index in [-0.39, 0.29) is 0 Å². The van der Waals surface area contributed by atoms with Gasteiger partial charge in [-0.2, -0.15) is 0 Å². The number of aryl methyl sites for hydroxylation is 1. The SMILES string of the molecule is Cc1cc2cccnc2cc1NCc1cnc(Cl)s1. The number of rotatable bonds is 3. The van der Waals surface area contributed by atoms with Crippen molar-refractivity contribution in [2.45, 2.75) is 13.5 Å². The molecule has 1 aromatic carbocycles. The lowest BCUT2D eigenvalue weighted by molar-refractivity contribution is 1.16. The monoisotopic (exact) mass is 289 g/mol. The molecule has 5 heteroatoms. The summed E-state index contributed by atoms with van der Waals surface area (Å²) in [4.78, 5) is 9.52. The van der Waals surface area contributed by atoms with Crippen LogP contribution in [0, 0.1) is 6.92 Å². The summed E-state index contributed by atoms with van der Waals surface area (Å²) in [5.41, 5.74) is 3.30. The fraction of sp³-hybridized carbons (Fsp3) is 0.143. The van der Waals surface area contributed by atoms with Gasteiger partial charge in [-0.3, -0.25) is 4.98 Å². The lowest BCUT2D eigenvalue weighted by Crippen LogP contribution is -1.99. The standard InChI is InChI=1S/C14H12ClN3S/c1-9-5-10-3-2-4-16-13(10)6-12(9)17-7-11-8-18-14(15)19-11/h2-6,8,17H,7H2,1H3. The zero-order valence-corrected chi connectivity index (χ0v) is 11.9. The number of nitrogens with zero attached hydrogens (tertiary/aromatic N) is 2. The van der Waals surface area contributed by atoms with Gasteiger partial charge in [0.15, 0.2) is 4.47 Å². The molecule has 2 aromatic heterocycles. The molecule has 0 aliphatic carbocycles. The van der Waals surface area contributed by atoms with Gasteiger partial charge in [0, 0.05) is 28.3 Å². The Morgan fingerprint density at radius 3 is 3.00 bits per heavy atom. The molecule has 3 aromatic rings. The fourth-order valence-corrected chi connectivity index (χ4v) is 2.89. The molecule has 0 spiro atoms. The zero-order valence-electron chi connectivity index (χ0n) is 10.4. The summed E-state index contributed by atoms with van der Waals surface area (Å²) < 4.78 is 0.578. The Labute approximate surface area is 120 Å². The molecule has 0 bridgehead atoms. The van der Waals surface area contributed by atoms with Crippen molar-refractivity contribution in [2.24, 2.45) is 0 Å². The van der Waals surface area contributed by atoms with Gasteiger partial charge in [-0.05, 0) is 30.7 Å². The second-order valence-electron chi connectivity index (χ2n) is 4.30. The largest absolute Gasteiger partial charge is 0.380 e. The van der Waals surface area contributed by atoms with Gasteiger partial charge in [0.05, 0.1) is 12.1 Å². The van der Waals surface area contributed by atoms with Crippen molar-refractivity contribution in [1.82, 2.24) is 9.97 Å². The Morgan fingerprint density at radius 1 is 1.32 bits per heavy atom. The van der Waals surface area contributed by atoms with Crippen LogP contribution in [0.15, 0.2) is 36.7 Å². The molecule has 96 valence electrons. The van der Waals surface area contributed by atoms with E-state index in [2.05, 4.69) is 40.4 Å². The summed E-state index contributed by atoms with van der Waals surface area (Å²) in [5, 5.41) is 4.57. The topological polar surface area (TPSA) is 37.8 Å². The first-order chi connectivity index (χ1) is 9.22. The molecule has 0 amide bonds. The van der Waals surface area contributed by atoms with Crippen LogP contribution in [0.1, 0.15) is 10.4 Å². The lowest BCUT2D eigenvalue weighted by Gasteiger charge is -2.09. The van der Waals surface area contributed by atoms with E-state index < -0.39 is 0 Å². The van der Waals surface area contributed by atoms with Crippen molar-refractivity contribution < 1.29 is 0 Å². The number of aromatic nitrogens is 2. The predicted octanol–water partition coefficient (Wildman–Crippen LogP) is 4.27. The van der Waals surface area contributed by atoms with Gasteiger partial charge in [-0.25, -0.2) is 4.98 Å². The van der Waals surface area contributed by atoms with Crippen LogP contribution < -0.4 is 5.32 Å². The summed E-state index contributed by atoms with van der Waals surface area (Å²) in [6.45, 7) is 2.82. The van der Waals surface area contributed by atoms with E-state index in [0.717, 1.165) is 28.0 Å². The summed E-state index contributed by atoms with van der Waals surface area (Å²) in [6, 6.07) is 8.24. The van der Waals surface area contributed by atoms with Gasteiger partial charge >= 0.3 is 0 Å². The van der Waals surface area contributed by atoms with Crippen molar-refractivity contribution in [1.29, 1.82) is 0 Å². The summed E-state index contributed by atoms with van der Waals surface area (Å²) >= 11 is 7.31. The van der Waals surface area contributed by atoms with Crippen LogP contribution in [0.4, 0.5) is 5.69 Å². The molecule has 19 heavy (non-hydrogen) atoms. The van der Waals surface area contributed by atoms with E-state index in [1.807, 2.05) is 12.3 Å². The lowest BCUT2D eigenvalue weighted by atomic mass is 10.1. The Kier molecular flexibility index (Phi) is 3.36. The second-order valence-corrected chi connectivity index (χ2v) is 5.99. The third kappa shape index (κ3) is 2.69. The van der Waals surface area contributed by atoms with Crippen LogP contribution in [-0.4, -0.2) is 9.97 Å². The molecule has 0 radical (unpaired) electrons. The molecule has 0 unspecified atom stereocenters. The maximum absolute atomic E-state index is 5.82. The van der Waals surface area contributed by atoms with E-state index in [0.29, 0.717) is 4.47 Å². The summed E-state index contributed by atoms with van der Waals surface area (Å²) in [6.07, 6.45) is 3.61. The first-order valence-corrected chi connectivity index (χ1v) is 7.11. The molecule has 0 saturated heterocycles. The third-order valence-electron chi connectivity index (χ3n) is 2.93. The number of nitrogens with one attached hydrogen (secondary N) is 1. The fourth-order valence-electron chi connectivity index (χ4n) is 1.97. The summed E-state index contributed by atoms with van der Waals surface area (Å²) in [7, 11) is 0. The van der Waals surface area contributed by atoms with Gasteiger partial charge in [-0.1, -0.05) is 17.7 Å². The highest BCUT2D eigenvalue weighted by molar-refractivity contribution is 7.15. The van der Waals surface area contributed by atoms with E-state index >= 15 is 0 Å². The number of halogens is 1. The number of benzene rings is 1. The number of anilines is 1. The molecule has 0 aliphatic rings. The molecule has 3 rings (SSSR count). The van der Waals surface area contributed by atoms with Crippen molar-refractivity contribution in [3.8, 4) is 0 Å². The highest BCUT2D eigenvalue weighted by Crippen LogP contribution is 2.24. The van der Waals surface area contributed by atoms with Crippen molar-refractivity contribution in [2.75, 3.05) is 5.32 Å². The molecule has 0 aliphatic heterocycles. The number of hydrogen-bond donors (Lipinski definition) is 1. The van der Waals surface area contributed by atoms with Gasteiger partial charge in [0.25, 0.3) is 0 Å². The Morgan fingerprint density at radius 2 is 2.21 bits per heavy atom. The minimum absolute atomic E-state index is 0.578. The number of fused-ring (bicyclic) bond motifs is 1. The van der Waals surface area contributed by atoms with Crippen LogP contribution in [0.2, 0.25) is 4.47 Å². The van der Waals surface area contributed by atoms with Gasteiger partial charge in [0.1, 0.15) is 0 Å². The normalized spacial score (nSPS) is 10.8.